The fraction of sp³-hybridized carbons (Fsp3) is 0.800. The first-order valence-electron chi connectivity index (χ1n) is 7.55. The standard InChI is InChI=1S/C15H28N4S/c1-12(2)19-11-13(10-17-19)14(9-16)18-6-5-15(3,4)20-8-7-18/h10-12,14H,5-9,16H2,1-4H3. The van der Waals surface area contributed by atoms with Crippen LogP contribution in [0, 0.1) is 0 Å². The predicted octanol–water partition coefficient (Wildman–Crippen LogP) is 2.68. The second-order valence-electron chi connectivity index (χ2n) is 6.49. The summed E-state index contributed by atoms with van der Waals surface area (Å²) in [6.45, 7) is 11.9. The van der Waals surface area contributed by atoms with Crippen molar-refractivity contribution in [2.45, 2.75) is 50.9 Å². The Labute approximate surface area is 127 Å². The summed E-state index contributed by atoms with van der Waals surface area (Å²) < 4.78 is 2.41. The number of hydrogen-bond acceptors (Lipinski definition) is 4. The van der Waals surface area contributed by atoms with E-state index in [2.05, 4.69) is 55.7 Å². The molecule has 4 nitrogen and oxygen atoms in total. The second kappa shape index (κ2) is 6.50. The Morgan fingerprint density at radius 3 is 2.75 bits per heavy atom. The number of rotatable bonds is 4. The zero-order valence-corrected chi connectivity index (χ0v) is 14.0. The molecule has 1 saturated heterocycles. The lowest BCUT2D eigenvalue weighted by molar-refractivity contribution is 0.210. The molecule has 5 heteroatoms. The highest BCUT2D eigenvalue weighted by Gasteiger charge is 2.28. The van der Waals surface area contributed by atoms with E-state index in [0.717, 1.165) is 13.1 Å². The summed E-state index contributed by atoms with van der Waals surface area (Å²) in [6, 6.07) is 0.706. The van der Waals surface area contributed by atoms with Crippen molar-refractivity contribution in [1.82, 2.24) is 14.7 Å². The first-order valence-corrected chi connectivity index (χ1v) is 8.53. The summed E-state index contributed by atoms with van der Waals surface area (Å²) in [5.74, 6) is 1.18. The zero-order chi connectivity index (χ0) is 14.8. The van der Waals surface area contributed by atoms with E-state index in [0.29, 0.717) is 23.4 Å². The van der Waals surface area contributed by atoms with Crippen molar-refractivity contribution in [1.29, 1.82) is 0 Å². The van der Waals surface area contributed by atoms with Gasteiger partial charge in [-0.15, -0.1) is 0 Å². The largest absolute Gasteiger partial charge is 0.329 e. The van der Waals surface area contributed by atoms with Gasteiger partial charge >= 0.3 is 0 Å². The molecule has 0 saturated carbocycles. The van der Waals surface area contributed by atoms with Gasteiger partial charge in [0.05, 0.1) is 12.2 Å². The molecule has 20 heavy (non-hydrogen) atoms. The Hall–Kier alpha value is -0.520. The average molecular weight is 296 g/mol. The number of aromatic nitrogens is 2. The third kappa shape index (κ3) is 3.77. The molecule has 0 bridgehead atoms. The molecule has 0 amide bonds. The summed E-state index contributed by atoms with van der Waals surface area (Å²) in [5.41, 5.74) is 7.31. The topological polar surface area (TPSA) is 47.1 Å². The van der Waals surface area contributed by atoms with Crippen molar-refractivity contribution in [2.24, 2.45) is 5.73 Å². The molecule has 2 rings (SSSR count). The van der Waals surface area contributed by atoms with Crippen LogP contribution < -0.4 is 5.73 Å². The van der Waals surface area contributed by atoms with Gasteiger partial charge in [0.2, 0.25) is 0 Å². The predicted molar refractivity (Wildman–Crippen MR) is 87.1 cm³/mol. The van der Waals surface area contributed by atoms with E-state index in [9.17, 15) is 0 Å². The van der Waals surface area contributed by atoms with Crippen LogP contribution in [-0.4, -0.2) is 44.8 Å². The molecule has 0 radical (unpaired) electrons. The van der Waals surface area contributed by atoms with Crippen molar-refractivity contribution in [3.63, 3.8) is 0 Å². The van der Waals surface area contributed by atoms with Gasteiger partial charge in [-0.25, -0.2) is 0 Å². The van der Waals surface area contributed by atoms with Crippen molar-refractivity contribution in [3.8, 4) is 0 Å². The number of nitrogens with zero attached hydrogens (tertiary/aromatic N) is 3. The number of hydrogen-bond donors (Lipinski definition) is 1. The van der Waals surface area contributed by atoms with Crippen LogP contribution in [0.5, 0.6) is 0 Å². The number of nitrogens with two attached hydrogens (primary N) is 1. The monoisotopic (exact) mass is 296 g/mol. The molecular weight excluding hydrogens is 268 g/mol. The Balaban J connectivity index is 2.10. The molecule has 1 unspecified atom stereocenters. The van der Waals surface area contributed by atoms with Crippen LogP contribution in [-0.2, 0) is 0 Å². The van der Waals surface area contributed by atoms with Gasteiger partial charge in [0, 0.05) is 47.9 Å². The van der Waals surface area contributed by atoms with Crippen molar-refractivity contribution >= 4 is 11.8 Å². The summed E-state index contributed by atoms with van der Waals surface area (Å²) in [4.78, 5) is 2.53. The Kier molecular flexibility index (Phi) is 5.15. The van der Waals surface area contributed by atoms with E-state index in [1.165, 1.54) is 17.7 Å². The van der Waals surface area contributed by atoms with Crippen LogP contribution >= 0.6 is 11.8 Å². The second-order valence-corrected chi connectivity index (χ2v) is 8.30. The molecule has 0 aromatic carbocycles. The smallest absolute Gasteiger partial charge is 0.0538 e. The van der Waals surface area contributed by atoms with E-state index < -0.39 is 0 Å². The first-order chi connectivity index (χ1) is 9.43. The molecule has 1 fully saturated rings. The minimum Gasteiger partial charge on any atom is -0.329 e. The minimum atomic E-state index is 0.303. The van der Waals surface area contributed by atoms with E-state index >= 15 is 0 Å². The third-order valence-electron chi connectivity index (χ3n) is 4.07. The lowest BCUT2D eigenvalue weighted by Crippen LogP contribution is -2.35. The molecule has 2 N–H and O–H groups in total. The molecule has 1 aliphatic heterocycles. The number of thioether (sulfide) groups is 1. The van der Waals surface area contributed by atoms with Crippen LogP contribution in [0.4, 0.5) is 0 Å². The summed E-state index contributed by atoms with van der Waals surface area (Å²) >= 11 is 2.07. The van der Waals surface area contributed by atoms with E-state index in [4.69, 9.17) is 5.73 Å². The summed E-state index contributed by atoms with van der Waals surface area (Å²) in [7, 11) is 0. The van der Waals surface area contributed by atoms with Crippen LogP contribution in [0.15, 0.2) is 12.4 Å². The highest BCUT2D eigenvalue weighted by Crippen LogP contribution is 2.33. The van der Waals surface area contributed by atoms with Crippen molar-refractivity contribution in [3.05, 3.63) is 18.0 Å². The van der Waals surface area contributed by atoms with Crippen LogP contribution in [0.2, 0.25) is 0 Å². The van der Waals surface area contributed by atoms with Crippen LogP contribution in [0.3, 0.4) is 0 Å². The Morgan fingerprint density at radius 2 is 2.15 bits per heavy atom. The van der Waals surface area contributed by atoms with Crippen molar-refractivity contribution < 1.29 is 0 Å². The summed E-state index contributed by atoms with van der Waals surface area (Å²) in [5, 5.41) is 4.46. The lowest BCUT2D eigenvalue weighted by atomic mass is 10.1. The summed E-state index contributed by atoms with van der Waals surface area (Å²) in [6.07, 6.45) is 5.36. The van der Waals surface area contributed by atoms with Gasteiger partial charge in [0.15, 0.2) is 0 Å². The Morgan fingerprint density at radius 1 is 1.40 bits per heavy atom. The van der Waals surface area contributed by atoms with Gasteiger partial charge < -0.3 is 5.73 Å². The zero-order valence-electron chi connectivity index (χ0n) is 13.2. The van der Waals surface area contributed by atoms with E-state index in [1.54, 1.807) is 0 Å². The fourth-order valence-electron chi connectivity index (χ4n) is 2.65. The molecule has 0 aliphatic carbocycles. The normalized spacial score (nSPS) is 21.9. The highest BCUT2D eigenvalue weighted by atomic mass is 32.2. The van der Waals surface area contributed by atoms with Crippen LogP contribution in [0.25, 0.3) is 0 Å². The molecule has 1 atom stereocenters. The maximum Gasteiger partial charge on any atom is 0.0538 e. The fourth-order valence-corrected chi connectivity index (χ4v) is 3.76. The van der Waals surface area contributed by atoms with Crippen LogP contribution in [0.1, 0.15) is 51.8 Å². The molecule has 1 aromatic heterocycles. The maximum atomic E-state index is 6.05. The third-order valence-corrected chi connectivity index (χ3v) is 5.44. The highest BCUT2D eigenvalue weighted by molar-refractivity contribution is 8.00. The molecule has 1 aromatic rings. The lowest BCUT2D eigenvalue weighted by Gasteiger charge is -2.29. The van der Waals surface area contributed by atoms with Gasteiger partial charge in [0.25, 0.3) is 0 Å². The quantitative estimate of drug-likeness (QED) is 0.928. The van der Waals surface area contributed by atoms with Gasteiger partial charge in [-0.3, -0.25) is 9.58 Å². The first kappa shape index (κ1) is 15.9. The molecule has 1 aliphatic rings. The average Bonchev–Trinajstić information content (AvgIpc) is 2.78. The van der Waals surface area contributed by atoms with Gasteiger partial charge in [-0.1, -0.05) is 13.8 Å². The molecule has 0 spiro atoms. The van der Waals surface area contributed by atoms with E-state index in [1.807, 2.05) is 10.9 Å². The van der Waals surface area contributed by atoms with Gasteiger partial charge in [-0.2, -0.15) is 16.9 Å². The maximum absolute atomic E-state index is 6.05. The molecular formula is C15H28N4S. The molecule has 2 heterocycles. The Bertz CT molecular complexity index is 427. The van der Waals surface area contributed by atoms with Crippen molar-refractivity contribution in [2.75, 3.05) is 25.4 Å². The molecule has 114 valence electrons. The minimum absolute atomic E-state index is 0.303. The van der Waals surface area contributed by atoms with E-state index in [-0.39, 0.29) is 0 Å². The van der Waals surface area contributed by atoms with Gasteiger partial charge in [0.1, 0.15) is 0 Å². The van der Waals surface area contributed by atoms with Gasteiger partial charge in [-0.05, 0) is 20.3 Å². The SMILES string of the molecule is CC(C)n1cc(C(CN)N2CCSC(C)(C)CC2)cn1.